The van der Waals surface area contributed by atoms with Gasteiger partial charge in [-0.2, -0.15) is 0 Å². The van der Waals surface area contributed by atoms with E-state index in [2.05, 4.69) is 5.32 Å². The Kier molecular flexibility index (Phi) is 4.07. The molecule has 0 saturated carbocycles. The zero-order chi connectivity index (χ0) is 19.3. The first-order valence-corrected chi connectivity index (χ1v) is 9.64. The number of carbonyl (C=O) groups excluding carboxylic acids is 2. The van der Waals surface area contributed by atoms with Crippen molar-refractivity contribution in [2.24, 2.45) is 11.8 Å². The van der Waals surface area contributed by atoms with E-state index in [4.69, 9.17) is 20.8 Å². The molecule has 1 spiro atoms. The molecule has 4 heterocycles. The first-order chi connectivity index (χ1) is 13.6. The number of fused-ring (bicyclic) bond motifs is 1. The van der Waals surface area contributed by atoms with E-state index in [-0.39, 0.29) is 17.9 Å². The fourth-order valence-corrected chi connectivity index (χ4v) is 4.77. The number of halogens is 1. The molecule has 3 unspecified atom stereocenters. The van der Waals surface area contributed by atoms with Crippen LogP contribution >= 0.6 is 11.6 Å². The van der Waals surface area contributed by atoms with Crippen molar-refractivity contribution < 1.29 is 18.7 Å². The molecule has 28 heavy (non-hydrogen) atoms. The lowest BCUT2D eigenvalue weighted by atomic mass is 9.77. The summed E-state index contributed by atoms with van der Waals surface area (Å²) >= 11 is 6.00. The van der Waals surface area contributed by atoms with Crippen molar-refractivity contribution in [2.45, 2.75) is 24.8 Å². The predicted molar refractivity (Wildman–Crippen MR) is 101 cm³/mol. The van der Waals surface area contributed by atoms with Gasteiger partial charge in [0, 0.05) is 11.6 Å². The Labute approximate surface area is 167 Å². The maximum atomic E-state index is 13.1. The fraction of sp³-hybridized carbons (Fsp3) is 0.333. The second-order valence-corrected chi connectivity index (χ2v) is 7.96. The molecule has 4 atom stereocenters. The van der Waals surface area contributed by atoms with E-state index >= 15 is 0 Å². The summed E-state index contributed by atoms with van der Waals surface area (Å²) in [4.78, 5) is 27.8. The molecular formula is C21H19ClN2O4. The summed E-state index contributed by atoms with van der Waals surface area (Å²) < 4.78 is 11.5. The first-order valence-electron chi connectivity index (χ1n) is 9.26. The average Bonchev–Trinajstić information content (AvgIpc) is 3.43. The molecule has 2 amide bonds. The van der Waals surface area contributed by atoms with Gasteiger partial charge in [0.15, 0.2) is 0 Å². The zero-order valence-corrected chi connectivity index (χ0v) is 15.8. The van der Waals surface area contributed by atoms with Gasteiger partial charge in [-0.1, -0.05) is 35.9 Å². The van der Waals surface area contributed by atoms with Crippen molar-refractivity contribution in [1.29, 1.82) is 0 Å². The number of likely N-dealkylation sites (tertiary alicyclic amines) is 1. The highest BCUT2D eigenvalue weighted by Crippen LogP contribution is 2.52. The van der Waals surface area contributed by atoms with Crippen molar-refractivity contribution in [3.8, 4) is 0 Å². The largest absolute Gasteiger partial charge is 0.467 e. The zero-order valence-electron chi connectivity index (χ0n) is 15.0. The summed E-state index contributed by atoms with van der Waals surface area (Å²) in [5, 5.41) is 3.56. The molecule has 0 aliphatic carbocycles. The van der Waals surface area contributed by atoms with Crippen LogP contribution < -0.4 is 5.32 Å². The van der Waals surface area contributed by atoms with Gasteiger partial charge in [-0.3, -0.25) is 9.59 Å². The van der Waals surface area contributed by atoms with E-state index in [1.807, 2.05) is 36.4 Å². The molecule has 3 aliphatic rings. The van der Waals surface area contributed by atoms with E-state index in [1.165, 1.54) is 0 Å². The minimum Gasteiger partial charge on any atom is -0.467 e. The van der Waals surface area contributed by atoms with Crippen molar-refractivity contribution in [1.82, 2.24) is 10.2 Å². The second kappa shape index (κ2) is 6.50. The number of hydrogen-bond donors (Lipinski definition) is 1. The Morgan fingerprint density at radius 2 is 2.21 bits per heavy atom. The third kappa shape index (κ3) is 2.75. The summed E-state index contributed by atoms with van der Waals surface area (Å²) in [7, 11) is 0. The van der Waals surface area contributed by atoms with Crippen molar-refractivity contribution >= 4 is 23.4 Å². The number of benzene rings is 1. The maximum Gasteiger partial charge on any atom is 0.230 e. The Bertz CT molecular complexity index is 957. The molecule has 2 aromatic rings. The number of nitrogens with zero attached hydrogens (tertiary/aromatic N) is 1. The third-order valence-corrected chi connectivity index (χ3v) is 6.00. The van der Waals surface area contributed by atoms with Gasteiger partial charge in [-0.05, 0) is 29.8 Å². The molecule has 144 valence electrons. The number of hydrogen-bond acceptors (Lipinski definition) is 4. The molecular weight excluding hydrogens is 380 g/mol. The minimum atomic E-state index is -0.716. The van der Waals surface area contributed by atoms with Crippen LogP contribution in [0.25, 0.3) is 0 Å². The van der Waals surface area contributed by atoms with Gasteiger partial charge in [0.1, 0.15) is 11.4 Å². The van der Waals surface area contributed by atoms with Gasteiger partial charge in [-0.25, -0.2) is 0 Å². The van der Waals surface area contributed by atoms with Crippen molar-refractivity contribution in [3.05, 3.63) is 71.2 Å². The van der Waals surface area contributed by atoms with Gasteiger partial charge in [0.2, 0.25) is 11.8 Å². The lowest BCUT2D eigenvalue weighted by Crippen LogP contribution is -2.43. The predicted octanol–water partition coefficient (Wildman–Crippen LogP) is 2.53. The van der Waals surface area contributed by atoms with Crippen LogP contribution in [0.4, 0.5) is 0 Å². The summed E-state index contributed by atoms with van der Waals surface area (Å²) in [5.41, 5.74) is 0.194. The van der Waals surface area contributed by atoms with E-state index < -0.39 is 17.4 Å². The smallest absolute Gasteiger partial charge is 0.230 e. The van der Waals surface area contributed by atoms with Crippen LogP contribution in [0.5, 0.6) is 0 Å². The Morgan fingerprint density at radius 3 is 3.00 bits per heavy atom. The number of furan rings is 1. The first kappa shape index (κ1) is 17.5. The molecule has 3 aliphatic heterocycles. The van der Waals surface area contributed by atoms with Gasteiger partial charge in [0.25, 0.3) is 0 Å². The van der Waals surface area contributed by atoms with E-state index in [9.17, 15) is 9.59 Å². The van der Waals surface area contributed by atoms with Crippen LogP contribution in [-0.4, -0.2) is 35.0 Å². The molecule has 1 aromatic heterocycles. The summed E-state index contributed by atoms with van der Waals surface area (Å²) in [5.74, 6) is -0.555. The topological polar surface area (TPSA) is 71.8 Å². The van der Waals surface area contributed by atoms with Crippen LogP contribution in [0.1, 0.15) is 11.3 Å². The standard InChI is InChI=1S/C21H19ClN2O4/c22-14-4-1-3-13(9-14)10-23-19(25)17-16-6-7-21(28-16)12-24(20(26)18(17)21)11-15-5-2-8-27-15/h1-9,16-18H,10-12H2,(H,23,25)/t16?,17?,18?,21-/m1/s1. The molecule has 1 aromatic carbocycles. The van der Waals surface area contributed by atoms with Crippen LogP contribution in [0.3, 0.4) is 0 Å². The quantitative estimate of drug-likeness (QED) is 0.785. The minimum absolute atomic E-state index is 0.0637. The fourth-order valence-electron chi connectivity index (χ4n) is 4.56. The van der Waals surface area contributed by atoms with Gasteiger partial charge < -0.3 is 19.4 Å². The van der Waals surface area contributed by atoms with Crippen molar-refractivity contribution in [2.75, 3.05) is 6.54 Å². The lowest BCUT2D eigenvalue weighted by molar-refractivity contribution is -0.138. The molecule has 1 N–H and O–H groups in total. The van der Waals surface area contributed by atoms with Crippen LogP contribution in [0.2, 0.25) is 5.02 Å². The summed E-state index contributed by atoms with van der Waals surface area (Å²) in [6, 6.07) is 11.0. The highest BCUT2D eigenvalue weighted by Gasteiger charge is 2.66. The Hall–Kier alpha value is -2.57. The summed E-state index contributed by atoms with van der Waals surface area (Å²) in [6.07, 6.45) is 5.08. The maximum absolute atomic E-state index is 13.1. The SMILES string of the molecule is O=C(NCc1cccc(Cl)c1)C1C2C=C[C@]3(CN(Cc4ccco4)C(=O)C13)O2. The average molecular weight is 399 g/mol. The molecule has 2 bridgehead atoms. The molecule has 6 nitrogen and oxygen atoms in total. The molecule has 0 radical (unpaired) electrons. The number of ether oxygens (including phenoxy) is 1. The number of carbonyl (C=O) groups is 2. The van der Waals surface area contributed by atoms with Crippen LogP contribution in [0, 0.1) is 11.8 Å². The lowest BCUT2D eigenvalue weighted by Gasteiger charge is -2.23. The Balaban J connectivity index is 1.32. The number of amides is 2. The van der Waals surface area contributed by atoms with Gasteiger partial charge in [0.05, 0.1) is 37.3 Å². The highest BCUT2D eigenvalue weighted by atomic mass is 35.5. The molecule has 2 fully saturated rings. The Morgan fingerprint density at radius 1 is 1.32 bits per heavy atom. The third-order valence-electron chi connectivity index (χ3n) is 5.76. The van der Waals surface area contributed by atoms with Gasteiger partial charge >= 0.3 is 0 Å². The molecule has 2 saturated heterocycles. The molecule has 5 rings (SSSR count). The number of rotatable bonds is 5. The van der Waals surface area contributed by atoms with E-state index in [1.54, 1.807) is 23.3 Å². The number of nitrogens with one attached hydrogen (secondary N) is 1. The van der Waals surface area contributed by atoms with Crippen LogP contribution in [0.15, 0.2) is 59.2 Å². The van der Waals surface area contributed by atoms with E-state index in [0.717, 1.165) is 5.56 Å². The normalized spacial score (nSPS) is 30.1. The second-order valence-electron chi connectivity index (χ2n) is 7.52. The highest BCUT2D eigenvalue weighted by molar-refractivity contribution is 6.30. The van der Waals surface area contributed by atoms with Crippen LogP contribution in [-0.2, 0) is 27.4 Å². The van der Waals surface area contributed by atoms with Crippen molar-refractivity contribution in [3.63, 3.8) is 0 Å². The molecule has 7 heteroatoms. The monoisotopic (exact) mass is 398 g/mol. The summed E-state index contributed by atoms with van der Waals surface area (Å²) in [6.45, 7) is 1.17. The van der Waals surface area contributed by atoms with Gasteiger partial charge in [-0.15, -0.1) is 0 Å². The van der Waals surface area contributed by atoms with E-state index in [0.29, 0.717) is 30.4 Å².